The largest absolute Gasteiger partial charge is 0.324 e. The fourth-order valence-electron chi connectivity index (χ4n) is 2.04. The molecule has 0 unspecified atom stereocenters. The van der Waals surface area contributed by atoms with E-state index in [9.17, 15) is 13.2 Å². The van der Waals surface area contributed by atoms with Gasteiger partial charge in [-0.15, -0.1) is 0 Å². The third-order valence-corrected chi connectivity index (χ3v) is 4.89. The van der Waals surface area contributed by atoms with Crippen LogP contribution < -0.4 is 9.62 Å². The van der Waals surface area contributed by atoms with Gasteiger partial charge in [-0.1, -0.05) is 34.1 Å². The molecule has 0 saturated carbocycles. The van der Waals surface area contributed by atoms with E-state index in [0.29, 0.717) is 11.4 Å². The fraction of sp³-hybridized carbons (Fsp3) is 0.188. The van der Waals surface area contributed by atoms with Crippen molar-refractivity contribution < 1.29 is 13.2 Å². The Hall–Kier alpha value is -1.86. The van der Waals surface area contributed by atoms with Crippen LogP contribution in [0.5, 0.6) is 0 Å². The van der Waals surface area contributed by atoms with Crippen LogP contribution in [0.3, 0.4) is 0 Å². The summed E-state index contributed by atoms with van der Waals surface area (Å²) in [6.07, 6.45) is 1.08. The van der Waals surface area contributed by atoms with E-state index in [1.807, 2.05) is 25.1 Å². The van der Waals surface area contributed by atoms with E-state index >= 15 is 0 Å². The van der Waals surface area contributed by atoms with Gasteiger partial charge in [0, 0.05) is 10.2 Å². The highest BCUT2D eigenvalue weighted by Crippen LogP contribution is 2.21. The smallest absolute Gasteiger partial charge is 0.245 e. The Morgan fingerprint density at radius 2 is 1.74 bits per heavy atom. The first-order chi connectivity index (χ1) is 10.8. The second kappa shape index (κ2) is 7.14. The number of amides is 1. The predicted molar refractivity (Wildman–Crippen MR) is 96.1 cm³/mol. The number of hydrogen-bond donors (Lipinski definition) is 1. The first kappa shape index (κ1) is 17.5. The molecule has 0 spiro atoms. The SMILES string of the molecule is Cc1ccccc1NC(=O)CN(c1ccc(Br)cc1)S(C)(=O)=O. The van der Waals surface area contributed by atoms with Crippen molar-refractivity contribution in [3.63, 3.8) is 0 Å². The number of nitrogens with zero attached hydrogens (tertiary/aromatic N) is 1. The zero-order chi connectivity index (χ0) is 17.0. The number of nitrogens with one attached hydrogen (secondary N) is 1. The van der Waals surface area contributed by atoms with Gasteiger partial charge in [-0.05, 0) is 42.8 Å². The molecule has 7 heteroatoms. The number of aryl methyl sites for hydroxylation is 1. The van der Waals surface area contributed by atoms with Crippen LogP contribution in [0, 0.1) is 6.92 Å². The minimum Gasteiger partial charge on any atom is -0.324 e. The lowest BCUT2D eigenvalue weighted by atomic mass is 10.2. The molecular formula is C16H17BrN2O3S. The van der Waals surface area contributed by atoms with Crippen molar-refractivity contribution in [3.05, 3.63) is 58.6 Å². The van der Waals surface area contributed by atoms with Crippen molar-refractivity contribution in [2.75, 3.05) is 22.4 Å². The first-order valence-electron chi connectivity index (χ1n) is 6.86. The maximum atomic E-state index is 12.2. The summed E-state index contributed by atoms with van der Waals surface area (Å²) < 4.78 is 25.9. The number of carbonyl (C=O) groups excluding carboxylic acids is 1. The van der Waals surface area contributed by atoms with Crippen molar-refractivity contribution in [1.82, 2.24) is 0 Å². The van der Waals surface area contributed by atoms with E-state index < -0.39 is 15.9 Å². The number of sulfonamides is 1. The second-order valence-electron chi connectivity index (χ2n) is 5.11. The lowest BCUT2D eigenvalue weighted by molar-refractivity contribution is -0.114. The molecule has 23 heavy (non-hydrogen) atoms. The summed E-state index contributed by atoms with van der Waals surface area (Å²) in [5.41, 5.74) is 2.02. The Kier molecular flexibility index (Phi) is 5.43. The van der Waals surface area contributed by atoms with Crippen molar-refractivity contribution in [2.24, 2.45) is 0 Å². The van der Waals surface area contributed by atoms with E-state index in [-0.39, 0.29) is 6.54 Å². The summed E-state index contributed by atoms with van der Waals surface area (Å²) in [5, 5.41) is 2.74. The standard InChI is InChI=1S/C16H17BrN2O3S/c1-12-5-3-4-6-15(12)18-16(20)11-19(23(2,21)22)14-9-7-13(17)8-10-14/h3-10H,11H2,1-2H3,(H,18,20). The second-order valence-corrected chi connectivity index (χ2v) is 7.93. The molecule has 0 aliphatic carbocycles. The van der Waals surface area contributed by atoms with Crippen molar-refractivity contribution in [1.29, 1.82) is 0 Å². The predicted octanol–water partition coefficient (Wildman–Crippen LogP) is 3.16. The highest BCUT2D eigenvalue weighted by atomic mass is 79.9. The van der Waals surface area contributed by atoms with E-state index in [4.69, 9.17) is 0 Å². The molecular weight excluding hydrogens is 380 g/mol. The van der Waals surface area contributed by atoms with E-state index in [1.54, 1.807) is 30.3 Å². The van der Waals surface area contributed by atoms with Crippen LogP contribution in [-0.4, -0.2) is 27.1 Å². The monoisotopic (exact) mass is 396 g/mol. The Bertz CT molecular complexity index is 804. The van der Waals surface area contributed by atoms with Gasteiger partial charge in [0.05, 0.1) is 11.9 Å². The zero-order valence-corrected chi connectivity index (χ0v) is 15.2. The normalized spacial score (nSPS) is 11.1. The van der Waals surface area contributed by atoms with Gasteiger partial charge in [0.1, 0.15) is 6.54 Å². The third-order valence-electron chi connectivity index (χ3n) is 3.22. The average molecular weight is 397 g/mol. The maximum Gasteiger partial charge on any atom is 0.245 e. The number of anilines is 2. The van der Waals surface area contributed by atoms with Crippen molar-refractivity contribution >= 4 is 43.2 Å². The molecule has 2 aromatic carbocycles. The molecule has 0 atom stereocenters. The Labute approximate surface area is 144 Å². The Morgan fingerprint density at radius 1 is 1.13 bits per heavy atom. The molecule has 0 heterocycles. The maximum absolute atomic E-state index is 12.2. The number of rotatable bonds is 5. The molecule has 1 amide bonds. The minimum atomic E-state index is -3.57. The molecule has 0 saturated heterocycles. The topological polar surface area (TPSA) is 66.5 Å². The summed E-state index contributed by atoms with van der Waals surface area (Å²) in [6, 6.07) is 14.1. The molecule has 0 fully saturated rings. The van der Waals surface area contributed by atoms with Gasteiger partial charge in [-0.3, -0.25) is 9.10 Å². The van der Waals surface area contributed by atoms with Crippen LogP contribution in [0.4, 0.5) is 11.4 Å². The number of halogens is 1. The van der Waals surface area contributed by atoms with E-state index in [2.05, 4.69) is 21.2 Å². The van der Waals surface area contributed by atoms with Crippen LogP contribution in [0.25, 0.3) is 0 Å². The molecule has 1 N–H and O–H groups in total. The lowest BCUT2D eigenvalue weighted by Gasteiger charge is -2.22. The highest BCUT2D eigenvalue weighted by Gasteiger charge is 2.21. The number of carbonyl (C=O) groups is 1. The van der Waals surface area contributed by atoms with Gasteiger partial charge in [0.25, 0.3) is 0 Å². The fourth-order valence-corrected chi connectivity index (χ4v) is 3.16. The molecule has 122 valence electrons. The van der Waals surface area contributed by atoms with Crippen LogP contribution in [0.15, 0.2) is 53.0 Å². The minimum absolute atomic E-state index is 0.283. The number of benzene rings is 2. The summed E-state index contributed by atoms with van der Waals surface area (Å²) >= 11 is 3.30. The van der Waals surface area contributed by atoms with Gasteiger partial charge >= 0.3 is 0 Å². The van der Waals surface area contributed by atoms with E-state index in [0.717, 1.165) is 20.6 Å². The summed E-state index contributed by atoms with van der Waals surface area (Å²) in [4.78, 5) is 12.2. The summed E-state index contributed by atoms with van der Waals surface area (Å²) in [5.74, 6) is -0.396. The van der Waals surface area contributed by atoms with Gasteiger partial charge in [-0.25, -0.2) is 8.42 Å². The average Bonchev–Trinajstić information content (AvgIpc) is 2.47. The molecule has 2 rings (SSSR count). The number of para-hydroxylation sites is 1. The van der Waals surface area contributed by atoms with E-state index in [1.165, 1.54) is 0 Å². The van der Waals surface area contributed by atoms with Gasteiger partial charge < -0.3 is 5.32 Å². The third kappa shape index (κ3) is 4.80. The summed E-state index contributed by atoms with van der Waals surface area (Å²) in [7, 11) is -3.57. The Morgan fingerprint density at radius 3 is 2.30 bits per heavy atom. The van der Waals surface area contributed by atoms with Crippen molar-refractivity contribution in [2.45, 2.75) is 6.92 Å². The first-order valence-corrected chi connectivity index (χ1v) is 9.50. The van der Waals surface area contributed by atoms with Gasteiger partial charge in [-0.2, -0.15) is 0 Å². The van der Waals surface area contributed by atoms with Crippen molar-refractivity contribution in [3.8, 4) is 0 Å². The molecule has 0 aliphatic rings. The summed E-state index contributed by atoms with van der Waals surface area (Å²) in [6.45, 7) is 1.59. The molecule has 0 bridgehead atoms. The molecule has 0 aliphatic heterocycles. The molecule has 0 radical (unpaired) electrons. The van der Waals surface area contributed by atoms with Crippen LogP contribution in [-0.2, 0) is 14.8 Å². The molecule has 5 nitrogen and oxygen atoms in total. The quantitative estimate of drug-likeness (QED) is 0.843. The van der Waals surface area contributed by atoms with Crippen LogP contribution in [0.2, 0.25) is 0 Å². The van der Waals surface area contributed by atoms with Gasteiger partial charge in [0.2, 0.25) is 15.9 Å². The van der Waals surface area contributed by atoms with Gasteiger partial charge in [0.15, 0.2) is 0 Å². The lowest BCUT2D eigenvalue weighted by Crippen LogP contribution is -2.37. The highest BCUT2D eigenvalue weighted by molar-refractivity contribution is 9.10. The number of hydrogen-bond acceptors (Lipinski definition) is 3. The Balaban J connectivity index is 2.20. The van der Waals surface area contributed by atoms with Crippen LogP contribution in [0.1, 0.15) is 5.56 Å². The zero-order valence-electron chi connectivity index (χ0n) is 12.8. The molecule has 0 aromatic heterocycles. The molecule has 2 aromatic rings. The van der Waals surface area contributed by atoms with Crippen LogP contribution >= 0.6 is 15.9 Å².